The van der Waals surface area contributed by atoms with Crippen molar-refractivity contribution in [3.05, 3.63) is 46.1 Å². The van der Waals surface area contributed by atoms with Gasteiger partial charge in [-0.05, 0) is 30.7 Å². The van der Waals surface area contributed by atoms with Crippen LogP contribution in [0.25, 0.3) is 22.4 Å². The SMILES string of the molecule is Cc1[nH]c(-c2ccc3[nH]c(=O)oc3c2)cc1CO. The molecule has 0 unspecified atom stereocenters. The lowest BCUT2D eigenvalue weighted by molar-refractivity contribution is 0.281. The average molecular weight is 244 g/mol. The molecule has 3 N–H and O–H groups in total. The Balaban J connectivity index is 2.15. The fourth-order valence-electron chi connectivity index (χ4n) is 2.03. The van der Waals surface area contributed by atoms with Crippen LogP contribution in [0.3, 0.4) is 0 Å². The highest BCUT2D eigenvalue weighted by Gasteiger charge is 2.08. The molecule has 5 heteroatoms. The topological polar surface area (TPSA) is 82.0 Å². The van der Waals surface area contributed by atoms with Crippen molar-refractivity contribution in [2.24, 2.45) is 0 Å². The van der Waals surface area contributed by atoms with Crippen molar-refractivity contribution in [2.75, 3.05) is 0 Å². The third-order valence-electron chi connectivity index (χ3n) is 3.02. The van der Waals surface area contributed by atoms with Crippen LogP contribution in [0, 0.1) is 6.92 Å². The Morgan fingerprint density at radius 1 is 1.28 bits per heavy atom. The van der Waals surface area contributed by atoms with Crippen LogP contribution in [-0.2, 0) is 6.61 Å². The zero-order chi connectivity index (χ0) is 12.7. The summed E-state index contributed by atoms with van der Waals surface area (Å²) in [5.41, 5.74) is 4.80. The normalized spacial score (nSPS) is 11.2. The number of aliphatic hydroxyl groups excluding tert-OH is 1. The molecule has 0 bridgehead atoms. The predicted octanol–water partition coefficient (Wildman–Crippen LogP) is 1.92. The van der Waals surface area contributed by atoms with Crippen molar-refractivity contribution in [3.8, 4) is 11.3 Å². The van der Waals surface area contributed by atoms with E-state index < -0.39 is 5.76 Å². The number of hydrogen-bond donors (Lipinski definition) is 3. The third kappa shape index (κ3) is 1.65. The first-order valence-corrected chi connectivity index (χ1v) is 5.60. The van der Waals surface area contributed by atoms with E-state index in [-0.39, 0.29) is 6.61 Å². The summed E-state index contributed by atoms with van der Waals surface area (Å²) in [6, 6.07) is 7.37. The first kappa shape index (κ1) is 10.9. The average Bonchev–Trinajstić information content (AvgIpc) is 2.89. The number of fused-ring (bicyclic) bond motifs is 1. The van der Waals surface area contributed by atoms with E-state index in [2.05, 4.69) is 9.97 Å². The fourth-order valence-corrected chi connectivity index (χ4v) is 2.03. The molecule has 0 aliphatic carbocycles. The molecule has 0 saturated carbocycles. The largest absolute Gasteiger partial charge is 0.417 e. The predicted molar refractivity (Wildman–Crippen MR) is 67.3 cm³/mol. The van der Waals surface area contributed by atoms with Crippen LogP contribution in [0.15, 0.2) is 33.5 Å². The molecule has 3 rings (SSSR count). The van der Waals surface area contributed by atoms with Crippen LogP contribution in [-0.4, -0.2) is 15.1 Å². The number of H-pyrrole nitrogens is 2. The molecule has 0 atom stereocenters. The molecule has 1 aromatic carbocycles. The van der Waals surface area contributed by atoms with E-state index >= 15 is 0 Å². The molecule has 0 saturated heterocycles. The molecule has 2 aromatic heterocycles. The van der Waals surface area contributed by atoms with Crippen molar-refractivity contribution in [3.63, 3.8) is 0 Å². The van der Waals surface area contributed by atoms with Gasteiger partial charge >= 0.3 is 5.76 Å². The summed E-state index contributed by atoms with van der Waals surface area (Å²) < 4.78 is 5.02. The van der Waals surface area contributed by atoms with Gasteiger partial charge in [-0.2, -0.15) is 0 Å². The van der Waals surface area contributed by atoms with E-state index in [1.165, 1.54) is 0 Å². The van der Waals surface area contributed by atoms with Crippen molar-refractivity contribution in [1.29, 1.82) is 0 Å². The van der Waals surface area contributed by atoms with Gasteiger partial charge in [0.15, 0.2) is 5.58 Å². The molecule has 0 radical (unpaired) electrons. The molecule has 92 valence electrons. The quantitative estimate of drug-likeness (QED) is 0.644. The van der Waals surface area contributed by atoms with Crippen LogP contribution in [0.4, 0.5) is 0 Å². The maximum atomic E-state index is 11.1. The van der Waals surface area contributed by atoms with Gasteiger partial charge in [0.1, 0.15) is 0 Å². The Morgan fingerprint density at radius 3 is 2.83 bits per heavy atom. The minimum atomic E-state index is -0.458. The molecular weight excluding hydrogens is 232 g/mol. The van der Waals surface area contributed by atoms with Crippen LogP contribution in [0.5, 0.6) is 0 Å². The summed E-state index contributed by atoms with van der Waals surface area (Å²) in [4.78, 5) is 16.9. The zero-order valence-electron chi connectivity index (χ0n) is 9.78. The smallest absolute Gasteiger partial charge is 0.408 e. The van der Waals surface area contributed by atoms with Gasteiger partial charge in [0.25, 0.3) is 0 Å². The second kappa shape index (κ2) is 3.89. The number of aliphatic hydroxyl groups is 1. The molecule has 0 amide bonds. The monoisotopic (exact) mass is 244 g/mol. The summed E-state index contributed by atoms with van der Waals surface area (Å²) >= 11 is 0. The number of nitrogens with one attached hydrogen (secondary N) is 2. The fraction of sp³-hybridized carbons (Fsp3) is 0.154. The zero-order valence-corrected chi connectivity index (χ0v) is 9.78. The summed E-state index contributed by atoms with van der Waals surface area (Å²) in [5.74, 6) is -0.458. The number of oxazole rings is 1. The molecule has 0 fully saturated rings. The second-order valence-corrected chi connectivity index (χ2v) is 4.22. The van der Waals surface area contributed by atoms with Gasteiger partial charge in [0, 0.05) is 17.0 Å². The first-order chi connectivity index (χ1) is 8.67. The van der Waals surface area contributed by atoms with Gasteiger partial charge in [-0.25, -0.2) is 4.79 Å². The van der Waals surface area contributed by atoms with Gasteiger partial charge in [0.05, 0.1) is 12.1 Å². The summed E-state index contributed by atoms with van der Waals surface area (Å²) in [6.07, 6.45) is 0. The Hall–Kier alpha value is -2.27. The summed E-state index contributed by atoms with van der Waals surface area (Å²) in [6.45, 7) is 1.91. The van der Waals surface area contributed by atoms with Gasteiger partial charge < -0.3 is 14.5 Å². The minimum Gasteiger partial charge on any atom is -0.408 e. The van der Waals surface area contributed by atoms with E-state index in [4.69, 9.17) is 9.52 Å². The molecule has 0 aliphatic heterocycles. The lowest BCUT2D eigenvalue weighted by Crippen LogP contribution is -1.92. The van der Waals surface area contributed by atoms with Crippen LogP contribution < -0.4 is 5.76 Å². The van der Waals surface area contributed by atoms with E-state index in [0.717, 1.165) is 22.5 Å². The molecule has 0 aliphatic rings. The van der Waals surface area contributed by atoms with Gasteiger partial charge in [-0.3, -0.25) is 4.98 Å². The highest BCUT2D eigenvalue weighted by molar-refractivity contribution is 5.79. The maximum Gasteiger partial charge on any atom is 0.417 e. The summed E-state index contributed by atoms with van der Waals surface area (Å²) in [7, 11) is 0. The number of hydrogen-bond acceptors (Lipinski definition) is 3. The molecule has 5 nitrogen and oxygen atoms in total. The van der Waals surface area contributed by atoms with E-state index in [9.17, 15) is 4.79 Å². The number of aromatic nitrogens is 2. The highest BCUT2D eigenvalue weighted by Crippen LogP contribution is 2.24. The van der Waals surface area contributed by atoms with Crippen LogP contribution >= 0.6 is 0 Å². The van der Waals surface area contributed by atoms with Gasteiger partial charge in [0.2, 0.25) is 0 Å². The Labute approximate surface area is 102 Å². The van der Waals surface area contributed by atoms with Gasteiger partial charge in [-0.15, -0.1) is 0 Å². The lowest BCUT2D eigenvalue weighted by atomic mass is 10.1. The molecule has 3 aromatic rings. The Kier molecular flexibility index (Phi) is 2.34. The van der Waals surface area contributed by atoms with Crippen molar-refractivity contribution < 1.29 is 9.52 Å². The summed E-state index contributed by atoms with van der Waals surface area (Å²) in [5, 5.41) is 9.17. The third-order valence-corrected chi connectivity index (χ3v) is 3.02. The number of aryl methyl sites for hydroxylation is 1. The standard InChI is InChI=1S/C13H12N2O3/c1-7-9(6-16)4-11(14-7)8-2-3-10-12(5-8)18-13(17)15-10/h2-5,14,16H,6H2,1H3,(H,15,17). The number of benzene rings is 1. The van der Waals surface area contributed by atoms with E-state index in [1.54, 1.807) is 12.1 Å². The van der Waals surface area contributed by atoms with Crippen molar-refractivity contribution in [1.82, 2.24) is 9.97 Å². The maximum absolute atomic E-state index is 11.1. The molecule has 2 heterocycles. The van der Waals surface area contributed by atoms with E-state index in [0.29, 0.717) is 11.1 Å². The molecule has 0 spiro atoms. The van der Waals surface area contributed by atoms with Crippen LogP contribution in [0.2, 0.25) is 0 Å². The number of aromatic amines is 2. The highest BCUT2D eigenvalue weighted by atomic mass is 16.4. The second-order valence-electron chi connectivity index (χ2n) is 4.22. The minimum absolute atomic E-state index is 0.00379. The Morgan fingerprint density at radius 2 is 2.11 bits per heavy atom. The molecular formula is C13H12N2O3. The van der Waals surface area contributed by atoms with Gasteiger partial charge in [-0.1, -0.05) is 6.07 Å². The lowest BCUT2D eigenvalue weighted by Gasteiger charge is -1.97. The number of rotatable bonds is 2. The Bertz CT molecular complexity index is 764. The molecule has 18 heavy (non-hydrogen) atoms. The van der Waals surface area contributed by atoms with E-state index in [1.807, 2.05) is 19.1 Å². The van der Waals surface area contributed by atoms with Crippen LogP contribution in [0.1, 0.15) is 11.3 Å². The van der Waals surface area contributed by atoms with Crippen molar-refractivity contribution in [2.45, 2.75) is 13.5 Å². The van der Waals surface area contributed by atoms with Crippen molar-refractivity contribution >= 4 is 11.1 Å². The first-order valence-electron chi connectivity index (χ1n) is 5.60.